The van der Waals surface area contributed by atoms with Crippen molar-refractivity contribution in [3.05, 3.63) is 95.6 Å². The molecule has 0 aliphatic carbocycles. The summed E-state index contributed by atoms with van der Waals surface area (Å²) in [6.07, 6.45) is 0. The predicted octanol–water partition coefficient (Wildman–Crippen LogP) is 4.22. The average molecular weight is 347 g/mol. The van der Waals surface area contributed by atoms with E-state index >= 15 is 0 Å². The monoisotopic (exact) mass is 347 g/mol. The van der Waals surface area contributed by atoms with Crippen molar-refractivity contribution in [2.45, 2.75) is 6.04 Å². The molecular weight excluding hydrogens is 326 g/mol. The first-order valence-corrected chi connectivity index (χ1v) is 8.35. The van der Waals surface area contributed by atoms with Gasteiger partial charge in [0.05, 0.1) is 20.3 Å². The van der Waals surface area contributed by atoms with Crippen LogP contribution >= 0.6 is 0 Å². The second-order valence-corrected chi connectivity index (χ2v) is 5.82. The van der Waals surface area contributed by atoms with Crippen molar-refractivity contribution in [2.24, 2.45) is 0 Å². The highest BCUT2D eigenvalue weighted by Crippen LogP contribution is 2.25. The van der Waals surface area contributed by atoms with Gasteiger partial charge in [-0.3, -0.25) is 4.79 Å². The van der Waals surface area contributed by atoms with E-state index in [-0.39, 0.29) is 11.9 Å². The number of amides is 1. The fourth-order valence-corrected chi connectivity index (χ4v) is 2.78. The van der Waals surface area contributed by atoms with Gasteiger partial charge < -0.3 is 14.8 Å². The maximum atomic E-state index is 12.8. The van der Waals surface area contributed by atoms with Gasteiger partial charge in [-0.25, -0.2) is 0 Å². The molecule has 3 aromatic carbocycles. The van der Waals surface area contributed by atoms with E-state index in [1.165, 1.54) is 0 Å². The summed E-state index contributed by atoms with van der Waals surface area (Å²) < 4.78 is 10.4. The van der Waals surface area contributed by atoms with E-state index in [9.17, 15) is 4.79 Å². The molecule has 3 rings (SSSR count). The molecule has 132 valence electrons. The van der Waals surface area contributed by atoms with Crippen molar-refractivity contribution in [1.29, 1.82) is 0 Å². The van der Waals surface area contributed by atoms with Gasteiger partial charge >= 0.3 is 0 Å². The molecule has 0 bridgehead atoms. The van der Waals surface area contributed by atoms with E-state index in [1.54, 1.807) is 32.4 Å². The van der Waals surface area contributed by atoms with Crippen LogP contribution in [0.15, 0.2) is 78.9 Å². The minimum atomic E-state index is -0.263. The SMILES string of the molecule is COc1ccc([C@@H](NC(=O)c2cccc(OC)c2)c2ccccc2)cc1. The number of benzene rings is 3. The Bertz CT molecular complexity index is 860. The summed E-state index contributed by atoms with van der Waals surface area (Å²) in [5, 5.41) is 3.12. The van der Waals surface area contributed by atoms with Crippen molar-refractivity contribution in [2.75, 3.05) is 14.2 Å². The third-order valence-electron chi connectivity index (χ3n) is 4.19. The first-order chi connectivity index (χ1) is 12.7. The zero-order chi connectivity index (χ0) is 18.4. The number of hydrogen-bond acceptors (Lipinski definition) is 3. The van der Waals surface area contributed by atoms with Crippen LogP contribution in [0, 0.1) is 0 Å². The van der Waals surface area contributed by atoms with E-state index in [2.05, 4.69) is 5.32 Å². The molecule has 0 aliphatic heterocycles. The fraction of sp³-hybridized carbons (Fsp3) is 0.136. The smallest absolute Gasteiger partial charge is 0.252 e. The molecular formula is C22H21NO3. The van der Waals surface area contributed by atoms with Crippen molar-refractivity contribution in [3.8, 4) is 11.5 Å². The Hall–Kier alpha value is -3.27. The first-order valence-electron chi connectivity index (χ1n) is 8.35. The van der Waals surface area contributed by atoms with E-state index in [0.717, 1.165) is 16.9 Å². The number of methoxy groups -OCH3 is 2. The minimum absolute atomic E-state index is 0.159. The molecule has 0 spiro atoms. The van der Waals surface area contributed by atoms with Gasteiger partial charge in [0.2, 0.25) is 0 Å². The molecule has 1 atom stereocenters. The average Bonchev–Trinajstić information content (AvgIpc) is 2.72. The van der Waals surface area contributed by atoms with Gasteiger partial charge in [0.25, 0.3) is 5.91 Å². The Morgan fingerprint density at radius 3 is 2.08 bits per heavy atom. The quantitative estimate of drug-likeness (QED) is 0.726. The lowest BCUT2D eigenvalue weighted by Gasteiger charge is -2.20. The largest absolute Gasteiger partial charge is 0.497 e. The highest BCUT2D eigenvalue weighted by molar-refractivity contribution is 5.95. The molecule has 4 heteroatoms. The molecule has 0 aromatic heterocycles. The topological polar surface area (TPSA) is 47.6 Å². The second kappa shape index (κ2) is 8.21. The van der Waals surface area contributed by atoms with Crippen LogP contribution in [0.2, 0.25) is 0 Å². The van der Waals surface area contributed by atoms with Crippen LogP contribution in [0.4, 0.5) is 0 Å². The zero-order valence-electron chi connectivity index (χ0n) is 14.8. The Morgan fingerprint density at radius 1 is 0.769 bits per heavy atom. The Labute approximate surface area is 153 Å². The maximum Gasteiger partial charge on any atom is 0.252 e. The molecule has 0 heterocycles. The van der Waals surface area contributed by atoms with Crippen molar-refractivity contribution in [3.63, 3.8) is 0 Å². The molecule has 0 aliphatic rings. The van der Waals surface area contributed by atoms with Gasteiger partial charge in [-0.2, -0.15) is 0 Å². The molecule has 26 heavy (non-hydrogen) atoms. The third kappa shape index (κ3) is 4.03. The van der Waals surface area contributed by atoms with Gasteiger partial charge in [0.15, 0.2) is 0 Å². The van der Waals surface area contributed by atoms with E-state index in [4.69, 9.17) is 9.47 Å². The summed E-state index contributed by atoms with van der Waals surface area (Å²) in [4.78, 5) is 12.8. The van der Waals surface area contributed by atoms with Crippen LogP contribution < -0.4 is 14.8 Å². The van der Waals surface area contributed by atoms with Crippen LogP contribution in [0.5, 0.6) is 11.5 Å². The maximum absolute atomic E-state index is 12.8. The van der Waals surface area contributed by atoms with Crippen molar-refractivity contribution >= 4 is 5.91 Å². The number of ether oxygens (including phenoxy) is 2. The van der Waals surface area contributed by atoms with Crippen LogP contribution in [0.1, 0.15) is 27.5 Å². The molecule has 0 saturated carbocycles. The lowest BCUT2D eigenvalue weighted by molar-refractivity contribution is 0.0942. The molecule has 0 fully saturated rings. The molecule has 0 saturated heterocycles. The predicted molar refractivity (Wildman–Crippen MR) is 102 cm³/mol. The van der Waals surface area contributed by atoms with Crippen LogP contribution in [0.25, 0.3) is 0 Å². The molecule has 1 N–H and O–H groups in total. The number of rotatable bonds is 6. The van der Waals surface area contributed by atoms with Gasteiger partial charge in [-0.1, -0.05) is 48.5 Å². The van der Waals surface area contributed by atoms with Gasteiger partial charge in [0, 0.05) is 5.56 Å². The lowest BCUT2D eigenvalue weighted by Crippen LogP contribution is -2.29. The van der Waals surface area contributed by atoms with E-state index in [1.807, 2.05) is 60.7 Å². The van der Waals surface area contributed by atoms with Crippen molar-refractivity contribution < 1.29 is 14.3 Å². The minimum Gasteiger partial charge on any atom is -0.497 e. The summed E-state index contributed by atoms with van der Waals surface area (Å²) in [7, 11) is 3.22. The highest BCUT2D eigenvalue weighted by Gasteiger charge is 2.18. The van der Waals surface area contributed by atoms with Crippen molar-refractivity contribution in [1.82, 2.24) is 5.32 Å². The molecule has 0 unspecified atom stereocenters. The standard InChI is InChI=1S/C22H21NO3/c1-25-19-13-11-17(12-14-19)21(16-7-4-3-5-8-16)23-22(24)18-9-6-10-20(15-18)26-2/h3-15,21H,1-2H3,(H,23,24)/t21-/m0/s1. The summed E-state index contributed by atoms with van der Waals surface area (Å²) in [6, 6.07) is 24.4. The lowest BCUT2D eigenvalue weighted by atomic mass is 9.98. The van der Waals surface area contributed by atoms with Crippen LogP contribution in [-0.4, -0.2) is 20.1 Å². The van der Waals surface area contributed by atoms with Crippen LogP contribution in [0.3, 0.4) is 0 Å². The number of carbonyl (C=O) groups is 1. The second-order valence-electron chi connectivity index (χ2n) is 5.82. The normalized spacial score (nSPS) is 11.5. The molecule has 4 nitrogen and oxygen atoms in total. The highest BCUT2D eigenvalue weighted by atomic mass is 16.5. The Morgan fingerprint density at radius 2 is 1.42 bits per heavy atom. The fourth-order valence-electron chi connectivity index (χ4n) is 2.78. The summed E-state index contributed by atoms with van der Waals surface area (Å²) in [6.45, 7) is 0. The van der Waals surface area contributed by atoms with Crippen LogP contribution in [-0.2, 0) is 0 Å². The number of hydrogen-bond donors (Lipinski definition) is 1. The third-order valence-corrected chi connectivity index (χ3v) is 4.19. The van der Waals surface area contributed by atoms with E-state index < -0.39 is 0 Å². The van der Waals surface area contributed by atoms with Gasteiger partial charge in [-0.05, 0) is 41.5 Å². The summed E-state index contributed by atoms with van der Waals surface area (Å²) in [5.41, 5.74) is 2.54. The van der Waals surface area contributed by atoms with Gasteiger partial charge in [-0.15, -0.1) is 0 Å². The summed E-state index contributed by atoms with van der Waals surface area (Å²) >= 11 is 0. The Kier molecular flexibility index (Phi) is 5.54. The Balaban J connectivity index is 1.91. The summed E-state index contributed by atoms with van der Waals surface area (Å²) in [5.74, 6) is 1.27. The zero-order valence-corrected chi connectivity index (χ0v) is 14.8. The number of carbonyl (C=O) groups excluding carboxylic acids is 1. The molecule has 0 radical (unpaired) electrons. The molecule has 1 amide bonds. The first kappa shape index (κ1) is 17.5. The molecule has 3 aromatic rings. The number of nitrogens with one attached hydrogen (secondary N) is 1. The van der Waals surface area contributed by atoms with Gasteiger partial charge in [0.1, 0.15) is 11.5 Å². The van der Waals surface area contributed by atoms with E-state index in [0.29, 0.717) is 11.3 Å².